The van der Waals surface area contributed by atoms with Gasteiger partial charge in [0.1, 0.15) is 5.82 Å². The summed E-state index contributed by atoms with van der Waals surface area (Å²) in [6.45, 7) is 5.31. The summed E-state index contributed by atoms with van der Waals surface area (Å²) >= 11 is 0. The van der Waals surface area contributed by atoms with Crippen LogP contribution in [0.3, 0.4) is 0 Å². The first-order valence-corrected chi connectivity index (χ1v) is 4.37. The molecule has 5 nitrogen and oxygen atoms in total. The molecular formula is C9H13N3O2. The van der Waals surface area contributed by atoms with Crippen LogP contribution in [0.4, 0.5) is 5.82 Å². The van der Waals surface area contributed by atoms with Gasteiger partial charge in [0.25, 0.3) is 0 Å². The fourth-order valence-corrected chi connectivity index (χ4v) is 1.12. The number of carbonyl (C=O) groups excluding carboxylic acids is 1. The van der Waals surface area contributed by atoms with E-state index >= 15 is 0 Å². The lowest BCUT2D eigenvalue weighted by Crippen LogP contribution is -2.18. The van der Waals surface area contributed by atoms with Crippen LogP contribution < -0.4 is 11.0 Å². The highest BCUT2D eigenvalue weighted by molar-refractivity contribution is 5.88. The van der Waals surface area contributed by atoms with E-state index in [0.29, 0.717) is 5.82 Å². The molecule has 0 aliphatic carbocycles. The molecule has 0 aliphatic rings. The van der Waals surface area contributed by atoms with Gasteiger partial charge in [-0.3, -0.25) is 9.78 Å². The molecule has 1 heterocycles. The Morgan fingerprint density at radius 1 is 1.57 bits per heavy atom. The Labute approximate surface area is 81.6 Å². The molecule has 1 amide bonds. The minimum absolute atomic E-state index is 0.196. The number of nitrogens with zero attached hydrogens (tertiary/aromatic N) is 1. The maximum absolute atomic E-state index is 10.9. The van der Waals surface area contributed by atoms with Gasteiger partial charge >= 0.3 is 5.69 Å². The number of rotatable bonds is 2. The number of aromatic amines is 1. The van der Waals surface area contributed by atoms with E-state index in [1.165, 1.54) is 13.1 Å². The Kier molecular flexibility index (Phi) is 3.01. The van der Waals surface area contributed by atoms with Crippen LogP contribution in [0.5, 0.6) is 0 Å². The summed E-state index contributed by atoms with van der Waals surface area (Å²) in [6, 6.07) is 0. The zero-order chi connectivity index (χ0) is 10.7. The first-order valence-electron chi connectivity index (χ1n) is 4.37. The largest absolute Gasteiger partial charge is 0.346 e. The molecule has 0 saturated heterocycles. The van der Waals surface area contributed by atoms with Crippen molar-refractivity contribution in [3.8, 4) is 0 Å². The van der Waals surface area contributed by atoms with Gasteiger partial charge in [0.15, 0.2) is 0 Å². The van der Waals surface area contributed by atoms with Crippen LogP contribution in [0.1, 0.15) is 32.3 Å². The van der Waals surface area contributed by atoms with Crippen LogP contribution in [-0.4, -0.2) is 15.9 Å². The van der Waals surface area contributed by atoms with Crippen molar-refractivity contribution in [3.05, 3.63) is 22.2 Å². The third-order valence-corrected chi connectivity index (χ3v) is 1.76. The van der Waals surface area contributed by atoms with Crippen LogP contribution in [0.2, 0.25) is 0 Å². The number of H-pyrrole nitrogens is 1. The molecule has 14 heavy (non-hydrogen) atoms. The third kappa shape index (κ3) is 2.42. The van der Waals surface area contributed by atoms with Gasteiger partial charge in [-0.1, -0.05) is 13.8 Å². The average Bonchev–Trinajstić information content (AvgIpc) is 2.01. The van der Waals surface area contributed by atoms with Gasteiger partial charge in [0.05, 0.1) is 0 Å². The van der Waals surface area contributed by atoms with Crippen LogP contribution in [0, 0.1) is 0 Å². The number of hydrogen-bond donors (Lipinski definition) is 2. The summed E-state index contributed by atoms with van der Waals surface area (Å²) in [5.41, 5.74) is 0.359. The van der Waals surface area contributed by atoms with E-state index in [1.54, 1.807) is 0 Å². The van der Waals surface area contributed by atoms with Gasteiger partial charge in [0.2, 0.25) is 5.91 Å². The summed E-state index contributed by atoms with van der Waals surface area (Å²) in [4.78, 5) is 27.9. The Balaban J connectivity index is 3.15. The van der Waals surface area contributed by atoms with Gasteiger partial charge < -0.3 is 5.32 Å². The maximum atomic E-state index is 10.9. The molecule has 5 heteroatoms. The lowest BCUT2D eigenvalue weighted by Gasteiger charge is -2.10. The molecule has 0 fully saturated rings. The molecule has 0 spiro atoms. The van der Waals surface area contributed by atoms with Crippen molar-refractivity contribution in [1.82, 2.24) is 9.97 Å². The van der Waals surface area contributed by atoms with Crippen LogP contribution in [0.25, 0.3) is 0 Å². The van der Waals surface area contributed by atoms with Gasteiger partial charge in [-0.15, -0.1) is 0 Å². The Bertz CT molecular complexity index is 395. The lowest BCUT2D eigenvalue weighted by molar-refractivity contribution is -0.114. The second-order valence-electron chi connectivity index (χ2n) is 3.35. The Morgan fingerprint density at radius 3 is 2.71 bits per heavy atom. The van der Waals surface area contributed by atoms with Gasteiger partial charge in [-0.25, -0.2) is 9.78 Å². The molecule has 1 aromatic heterocycles. The first-order chi connectivity index (χ1) is 6.50. The van der Waals surface area contributed by atoms with Crippen molar-refractivity contribution in [3.63, 3.8) is 0 Å². The molecule has 0 bridgehead atoms. The number of anilines is 1. The number of amides is 1. The normalized spacial score (nSPS) is 10.3. The molecule has 0 radical (unpaired) electrons. The van der Waals surface area contributed by atoms with E-state index in [0.717, 1.165) is 5.56 Å². The highest BCUT2D eigenvalue weighted by Gasteiger charge is 2.08. The third-order valence-electron chi connectivity index (χ3n) is 1.76. The van der Waals surface area contributed by atoms with Crippen molar-refractivity contribution in [2.45, 2.75) is 26.7 Å². The van der Waals surface area contributed by atoms with Gasteiger partial charge in [-0.05, 0) is 5.92 Å². The molecule has 0 aliphatic heterocycles. The molecule has 2 N–H and O–H groups in total. The predicted octanol–water partition coefficient (Wildman–Crippen LogP) is 0.852. The van der Waals surface area contributed by atoms with Crippen LogP contribution in [-0.2, 0) is 4.79 Å². The van der Waals surface area contributed by atoms with Gasteiger partial charge in [-0.2, -0.15) is 0 Å². The molecule has 1 rings (SSSR count). The number of carbonyl (C=O) groups is 1. The zero-order valence-corrected chi connectivity index (χ0v) is 8.42. The van der Waals surface area contributed by atoms with Gasteiger partial charge in [0, 0.05) is 18.7 Å². The molecule has 0 atom stereocenters. The summed E-state index contributed by atoms with van der Waals surface area (Å²) in [6.07, 6.45) is 1.48. The minimum atomic E-state index is -0.460. The highest BCUT2D eigenvalue weighted by Crippen LogP contribution is 2.19. The fourth-order valence-electron chi connectivity index (χ4n) is 1.12. The number of nitrogens with one attached hydrogen (secondary N) is 2. The van der Waals surface area contributed by atoms with E-state index in [4.69, 9.17) is 0 Å². The molecule has 76 valence electrons. The maximum Gasteiger partial charge on any atom is 0.346 e. The standard InChI is InChI=1S/C9H13N3O2/c1-5(2)7-4-10-9(14)12-8(7)11-6(3)13/h4-5H,1-3H3,(H2,10,11,12,13,14). The number of aromatic nitrogens is 2. The van der Waals surface area contributed by atoms with Crippen molar-refractivity contribution >= 4 is 11.7 Å². The smallest absolute Gasteiger partial charge is 0.312 e. The molecule has 0 unspecified atom stereocenters. The van der Waals surface area contributed by atoms with Crippen molar-refractivity contribution < 1.29 is 4.79 Å². The highest BCUT2D eigenvalue weighted by atomic mass is 16.2. The van der Waals surface area contributed by atoms with Crippen molar-refractivity contribution in [2.75, 3.05) is 5.32 Å². The minimum Gasteiger partial charge on any atom is -0.312 e. The summed E-state index contributed by atoms with van der Waals surface area (Å²) in [7, 11) is 0. The average molecular weight is 195 g/mol. The fraction of sp³-hybridized carbons (Fsp3) is 0.444. The van der Waals surface area contributed by atoms with E-state index in [2.05, 4.69) is 15.3 Å². The Hall–Kier alpha value is -1.65. The summed E-state index contributed by atoms with van der Waals surface area (Å²) < 4.78 is 0. The van der Waals surface area contributed by atoms with Crippen molar-refractivity contribution in [2.24, 2.45) is 0 Å². The SMILES string of the molecule is CC(=O)Nc1[nH]c(=O)ncc1C(C)C. The second kappa shape index (κ2) is 4.04. The second-order valence-corrected chi connectivity index (χ2v) is 3.35. The predicted molar refractivity (Wildman–Crippen MR) is 53.3 cm³/mol. The molecular weight excluding hydrogens is 182 g/mol. The topological polar surface area (TPSA) is 74.8 Å². The van der Waals surface area contributed by atoms with E-state index < -0.39 is 5.69 Å². The molecule has 1 aromatic rings. The lowest BCUT2D eigenvalue weighted by atomic mass is 10.1. The Morgan fingerprint density at radius 2 is 2.21 bits per heavy atom. The van der Waals surface area contributed by atoms with E-state index in [1.807, 2.05) is 13.8 Å². The quantitative estimate of drug-likeness (QED) is 0.734. The van der Waals surface area contributed by atoms with Crippen molar-refractivity contribution in [1.29, 1.82) is 0 Å². The van der Waals surface area contributed by atoms with E-state index in [9.17, 15) is 9.59 Å². The monoisotopic (exact) mass is 195 g/mol. The molecule has 0 aromatic carbocycles. The van der Waals surface area contributed by atoms with Crippen LogP contribution >= 0.6 is 0 Å². The first kappa shape index (κ1) is 10.4. The van der Waals surface area contributed by atoms with Crippen LogP contribution in [0.15, 0.2) is 11.0 Å². The zero-order valence-electron chi connectivity index (χ0n) is 8.42. The number of hydrogen-bond acceptors (Lipinski definition) is 3. The molecule has 0 saturated carbocycles. The van der Waals surface area contributed by atoms with E-state index in [-0.39, 0.29) is 11.8 Å². The summed E-state index contributed by atoms with van der Waals surface area (Å²) in [5.74, 6) is 0.419. The summed E-state index contributed by atoms with van der Waals surface area (Å²) in [5, 5.41) is 2.56.